The van der Waals surface area contributed by atoms with Gasteiger partial charge in [0, 0.05) is 24.6 Å². The molecule has 0 spiro atoms. The third-order valence-corrected chi connectivity index (χ3v) is 2.35. The maximum atomic E-state index is 11.6. The van der Waals surface area contributed by atoms with E-state index in [2.05, 4.69) is 10.6 Å². The van der Waals surface area contributed by atoms with Gasteiger partial charge in [0.15, 0.2) is 0 Å². The van der Waals surface area contributed by atoms with Crippen LogP contribution >= 0.6 is 0 Å². The lowest BCUT2D eigenvalue weighted by Crippen LogP contribution is -2.37. The molecule has 0 bridgehead atoms. The van der Waals surface area contributed by atoms with Crippen molar-refractivity contribution < 1.29 is 14.7 Å². The summed E-state index contributed by atoms with van der Waals surface area (Å²) >= 11 is 0. The van der Waals surface area contributed by atoms with Crippen LogP contribution in [0.3, 0.4) is 0 Å². The van der Waals surface area contributed by atoms with Crippen LogP contribution in [0.25, 0.3) is 0 Å². The second-order valence-electron chi connectivity index (χ2n) is 4.02. The van der Waals surface area contributed by atoms with Crippen LogP contribution < -0.4 is 10.6 Å². The first-order valence-electron chi connectivity index (χ1n) is 5.87. The number of nitrogens with one attached hydrogen (secondary N) is 2. The molecule has 1 atom stereocenters. The lowest BCUT2D eigenvalue weighted by atomic mass is 10.2. The minimum absolute atomic E-state index is 0.0951. The molecule has 5 heteroatoms. The molecule has 1 unspecified atom stereocenters. The topological polar surface area (TPSA) is 78.4 Å². The number of rotatable bonds is 6. The molecule has 1 aromatic rings. The molecule has 3 N–H and O–H groups in total. The van der Waals surface area contributed by atoms with Crippen molar-refractivity contribution in [3.63, 3.8) is 0 Å². The second-order valence-corrected chi connectivity index (χ2v) is 4.02. The summed E-state index contributed by atoms with van der Waals surface area (Å²) in [5.74, 6) is -0.386. The summed E-state index contributed by atoms with van der Waals surface area (Å²) in [7, 11) is 0. The highest BCUT2D eigenvalue weighted by Gasteiger charge is 2.07. The Balaban J connectivity index is 2.26. The summed E-state index contributed by atoms with van der Waals surface area (Å²) in [6, 6.07) is 8.56. The van der Waals surface area contributed by atoms with Crippen LogP contribution in [0.4, 0.5) is 0 Å². The molecule has 18 heavy (non-hydrogen) atoms. The third-order valence-electron chi connectivity index (χ3n) is 2.35. The van der Waals surface area contributed by atoms with Crippen LogP contribution in [0.15, 0.2) is 30.3 Å². The molecule has 0 fully saturated rings. The van der Waals surface area contributed by atoms with Crippen LogP contribution in [0, 0.1) is 0 Å². The van der Waals surface area contributed by atoms with Gasteiger partial charge in [0.2, 0.25) is 5.91 Å². The summed E-state index contributed by atoms with van der Waals surface area (Å²) in [6.45, 7) is 1.89. The normalized spacial score (nSPS) is 11.7. The fraction of sp³-hybridized carbons (Fsp3) is 0.385. The van der Waals surface area contributed by atoms with Crippen LogP contribution in [0.5, 0.6) is 0 Å². The molecule has 5 nitrogen and oxygen atoms in total. The van der Waals surface area contributed by atoms with E-state index < -0.39 is 0 Å². The predicted octanol–water partition coefficient (Wildman–Crippen LogP) is 0.303. The molecule has 98 valence electrons. The van der Waals surface area contributed by atoms with E-state index in [-0.39, 0.29) is 37.4 Å². The molecule has 0 aromatic heterocycles. The summed E-state index contributed by atoms with van der Waals surface area (Å²) in [6.07, 6.45) is 0.197. The largest absolute Gasteiger partial charge is 0.394 e. The summed E-state index contributed by atoms with van der Waals surface area (Å²) in [5, 5.41) is 14.0. The fourth-order valence-corrected chi connectivity index (χ4v) is 1.37. The van der Waals surface area contributed by atoms with Gasteiger partial charge in [-0.25, -0.2) is 0 Å². The maximum Gasteiger partial charge on any atom is 0.251 e. The summed E-state index contributed by atoms with van der Waals surface area (Å²) < 4.78 is 0. The molecule has 1 rings (SSSR count). The van der Waals surface area contributed by atoms with Gasteiger partial charge < -0.3 is 15.7 Å². The van der Waals surface area contributed by atoms with Crippen LogP contribution in [-0.4, -0.2) is 36.1 Å². The lowest BCUT2D eigenvalue weighted by molar-refractivity contribution is -0.121. The number of carbonyl (C=O) groups excluding carboxylic acids is 2. The number of hydrogen-bond acceptors (Lipinski definition) is 3. The zero-order valence-electron chi connectivity index (χ0n) is 10.3. The average molecular weight is 250 g/mol. The monoisotopic (exact) mass is 250 g/mol. The molecule has 0 saturated heterocycles. The number of benzene rings is 1. The Morgan fingerprint density at radius 1 is 1.28 bits per heavy atom. The van der Waals surface area contributed by atoms with Gasteiger partial charge in [0.25, 0.3) is 5.91 Å². The SMILES string of the molecule is CC(CO)NC(=O)CCNC(=O)c1ccccc1. The quantitative estimate of drug-likeness (QED) is 0.679. The van der Waals surface area contributed by atoms with Crippen LogP contribution in [0.2, 0.25) is 0 Å². The Labute approximate surface area is 106 Å². The van der Waals surface area contributed by atoms with Crippen LogP contribution in [0.1, 0.15) is 23.7 Å². The van der Waals surface area contributed by atoms with Gasteiger partial charge >= 0.3 is 0 Å². The number of aliphatic hydroxyl groups is 1. The summed E-state index contributed by atoms with van der Waals surface area (Å²) in [5.41, 5.74) is 0.571. The molecule has 1 aromatic carbocycles. The van der Waals surface area contributed by atoms with Gasteiger partial charge in [0.1, 0.15) is 0 Å². The van der Waals surface area contributed by atoms with Crippen molar-refractivity contribution in [2.75, 3.05) is 13.2 Å². The first-order chi connectivity index (χ1) is 8.63. The van der Waals surface area contributed by atoms with E-state index >= 15 is 0 Å². The Morgan fingerprint density at radius 3 is 2.56 bits per heavy atom. The van der Waals surface area contributed by atoms with Crippen molar-refractivity contribution >= 4 is 11.8 Å². The van der Waals surface area contributed by atoms with Crippen molar-refractivity contribution in [3.8, 4) is 0 Å². The molecule has 0 aliphatic rings. The van der Waals surface area contributed by atoms with Crippen molar-refractivity contribution in [1.29, 1.82) is 0 Å². The first-order valence-corrected chi connectivity index (χ1v) is 5.87. The predicted molar refractivity (Wildman–Crippen MR) is 68.1 cm³/mol. The first kappa shape index (κ1) is 14.2. The molecule has 0 saturated carbocycles. The Hall–Kier alpha value is -1.88. The molecule has 2 amide bonds. The Morgan fingerprint density at radius 2 is 1.94 bits per heavy atom. The minimum atomic E-state index is -0.262. The Kier molecular flexibility index (Phi) is 5.87. The maximum absolute atomic E-state index is 11.6. The zero-order chi connectivity index (χ0) is 13.4. The standard InChI is InChI=1S/C13H18N2O3/c1-10(9-16)15-12(17)7-8-14-13(18)11-5-3-2-4-6-11/h2-6,10,16H,7-9H2,1H3,(H,14,18)(H,15,17). The smallest absolute Gasteiger partial charge is 0.251 e. The van der Waals surface area contributed by atoms with E-state index in [4.69, 9.17) is 5.11 Å². The van der Waals surface area contributed by atoms with Crippen molar-refractivity contribution in [1.82, 2.24) is 10.6 Å². The molecule has 0 aliphatic heterocycles. The van der Waals surface area contributed by atoms with E-state index in [1.165, 1.54) is 0 Å². The highest BCUT2D eigenvalue weighted by molar-refractivity contribution is 5.94. The molecule has 0 aliphatic carbocycles. The van der Waals surface area contributed by atoms with Gasteiger partial charge in [-0.05, 0) is 19.1 Å². The third kappa shape index (κ3) is 4.97. The van der Waals surface area contributed by atoms with Crippen molar-refractivity contribution in [3.05, 3.63) is 35.9 Å². The number of aliphatic hydroxyl groups excluding tert-OH is 1. The fourth-order valence-electron chi connectivity index (χ4n) is 1.37. The molecule has 0 radical (unpaired) electrons. The van der Waals surface area contributed by atoms with Crippen molar-refractivity contribution in [2.45, 2.75) is 19.4 Å². The van der Waals surface area contributed by atoms with Gasteiger partial charge in [-0.2, -0.15) is 0 Å². The van der Waals surface area contributed by atoms with E-state index in [0.29, 0.717) is 5.56 Å². The highest BCUT2D eigenvalue weighted by Crippen LogP contribution is 1.97. The number of amides is 2. The van der Waals surface area contributed by atoms with Gasteiger partial charge in [-0.3, -0.25) is 9.59 Å². The molecular weight excluding hydrogens is 232 g/mol. The van der Waals surface area contributed by atoms with Gasteiger partial charge in [-0.1, -0.05) is 18.2 Å². The van der Waals surface area contributed by atoms with Gasteiger partial charge in [-0.15, -0.1) is 0 Å². The highest BCUT2D eigenvalue weighted by atomic mass is 16.3. The van der Waals surface area contributed by atoms with Gasteiger partial charge in [0.05, 0.1) is 6.61 Å². The lowest BCUT2D eigenvalue weighted by Gasteiger charge is -2.10. The molecular formula is C13H18N2O3. The van der Waals surface area contributed by atoms with E-state index in [1.54, 1.807) is 31.2 Å². The van der Waals surface area contributed by atoms with E-state index in [1.807, 2.05) is 6.07 Å². The number of hydrogen-bond donors (Lipinski definition) is 3. The van der Waals surface area contributed by atoms with Crippen molar-refractivity contribution in [2.24, 2.45) is 0 Å². The zero-order valence-corrected chi connectivity index (χ0v) is 10.3. The number of carbonyl (C=O) groups is 2. The van der Waals surface area contributed by atoms with E-state index in [0.717, 1.165) is 0 Å². The Bertz CT molecular complexity index is 392. The molecule has 0 heterocycles. The minimum Gasteiger partial charge on any atom is -0.394 e. The second kappa shape index (κ2) is 7.45. The van der Waals surface area contributed by atoms with Crippen LogP contribution in [-0.2, 0) is 4.79 Å². The average Bonchev–Trinajstić information content (AvgIpc) is 2.39. The summed E-state index contributed by atoms with van der Waals surface area (Å²) in [4.78, 5) is 23.0. The van der Waals surface area contributed by atoms with E-state index in [9.17, 15) is 9.59 Å².